The van der Waals surface area contributed by atoms with Crippen molar-refractivity contribution >= 4 is 34.8 Å². The average molecular weight is 445 g/mol. The topological polar surface area (TPSA) is 51.5 Å². The van der Waals surface area contributed by atoms with Gasteiger partial charge in [0, 0.05) is 35.8 Å². The summed E-state index contributed by atoms with van der Waals surface area (Å²) in [5, 5.41) is 1.55. The van der Waals surface area contributed by atoms with Gasteiger partial charge in [0.1, 0.15) is 6.54 Å². The second-order valence-corrected chi connectivity index (χ2v) is 11.0. The maximum atomic E-state index is 12.9. The summed E-state index contributed by atoms with van der Waals surface area (Å²) in [6.07, 6.45) is 3.92. The smallest absolute Gasteiger partial charge is 0.326 e. The quantitative estimate of drug-likeness (QED) is 0.647. The zero-order valence-corrected chi connectivity index (χ0v) is 19.3. The van der Waals surface area contributed by atoms with Crippen LogP contribution in [-0.2, 0) is 16.1 Å². The van der Waals surface area contributed by atoms with Crippen LogP contribution in [0, 0.1) is 17.8 Å². The second kappa shape index (κ2) is 7.75. The van der Waals surface area contributed by atoms with E-state index in [4.69, 9.17) is 4.74 Å². The Morgan fingerprint density at radius 1 is 1.20 bits per heavy atom. The number of carbonyl (C=O) groups is 1. The van der Waals surface area contributed by atoms with Crippen molar-refractivity contribution in [2.24, 2.45) is 17.8 Å². The molecule has 5 rings (SSSR count). The zero-order chi connectivity index (χ0) is 21.0. The average Bonchev–Trinajstić information content (AvgIpc) is 3.41. The highest BCUT2D eigenvalue weighted by atomic mass is 32.2. The van der Waals surface area contributed by atoms with Crippen LogP contribution in [0.1, 0.15) is 42.5 Å². The van der Waals surface area contributed by atoms with E-state index >= 15 is 0 Å². The highest BCUT2D eigenvalue weighted by Crippen LogP contribution is 2.64. The van der Waals surface area contributed by atoms with Gasteiger partial charge < -0.3 is 9.64 Å². The van der Waals surface area contributed by atoms with E-state index in [0.717, 1.165) is 21.7 Å². The number of aromatic nitrogens is 1. The minimum absolute atomic E-state index is 0.0171. The van der Waals surface area contributed by atoms with Crippen LogP contribution in [0.5, 0.6) is 0 Å². The molecule has 0 N–H and O–H groups in total. The van der Waals surface area contributed by atoms with Crippen LogP contribution in [0.2, 0.25) is 0 Å². The molecular weight excluding hydrogens is 416 g/mol. The molecule has 160 valence electrons. The van der Waals surface area contributed by atoms with Gasteiger partial charge in [-0.2, -0.15) is 0 Å². The summed E-state index contributed by atoms with van der Waals surface area (Å²) in [5.41, 5.74) is 2.48. The van der Waals surface area contributed by atoms with Crippen molar-refractivity contribution in [3.05, 3.63) is 44.4 Å². The van der Waals surface area contributed by atoms with E-state index in [0.29, 0.717) is 17.8 Å². The van der Waals surface area contributed by atoms with Crippen LogP contribution in [-0.4, -0.2) is 36.5 Å². The predicted octanol–water partition coefficient (Wildman–Crippen LogP) is 4.19. The van der Waals surface area contributed by atoms with Crippen molar-refractivity contribution in [2.75, 3.05) is 25.6 Å². The molecule has 0 spiro atoms. The Kier molecular flexibility index (Phi) is 5.22. The summed E-state index contributed by atoms with van der Waals surface area (Å²) >= 11 is 3.20. The van der Waals surface area contributed by atoms with Crippen molar-refractivity contribution in [3.8, 4) is 0 Å². The monoisotopic (exact) mass is 444 g/mol. The fourth-order valence-electron chi connectivity index (χ4n) is 5.78. The van der Waals surface area contributed by atoms with Gasteiger partial charge in [0.15, 0.2) is 0 Å². The van der Waals surface area contributed by atoms with Crippen LogP contribution < -0.4 is 9.77 Å². The third-order valence-corrected chi connectivity index (χ3v) is 9.88. The number of thioether (sulfide) groups is 1. The van der Waals surface area contributed by atoms with E-state index in [1.807, 2.05) is 11.8 Å². The summed E-state index contributed by atoms with van der Waals surface area (Å²) in [5.74, 6) is 1.98. The van der Waals surface area contributed by atoms with E-state index in [1.54, 1.807) is 11.5 Å². The fraction of sp³-hybridized carbons (Fsp3) is 0.565. The summed E-state index contributed by atoms with van der Waals surface area (Å²) in [7, 11) is 4.11. The number of rotatable bonds is 5. The first kappa shape index (κ1) is 20.2. The predicted molar refractivity (Wildman–Crippen MR) is 122 cm³/mol. The van der Waals surface area contributed by atoms with Gasteiger partial charge >= 0.3 is 10.8 Å². The van der Waals surface area contributed by atoms with E-state index in [1.165, 1.54) is 41.9 Å². The van der Waals surface area contributed by atoms with Crippen molar-refractivity contribution in [2.45, 2.75) is 48.9 Å². The molecule has 2 heterocycles. The summed E-state index contributed by atoms with van der Waals surface area (Å²) in [6, 6.07) is 8.83. The van der Waals surface area contributed by atoms with Gasteiger partial charge in [-0.3, -0.25) is 14.2 Å². The molecule has 3 aliphatic rings. The first-order valence-corrected chi connectivity index (χ1v) is 12.5. The Morgan fingerprint density at radius 3 is 2.63 bits per heavy atom. The highest BCUT2D eigenvalue weighted by molar-refractivity contribution is 8.00. The minimum Gasteiger partial charge on any atom is -0.465 e. The number of ether oxygens (including phenoxy) is 1. The first-order chi connectivity index (χ1) is 14.5. The van der Waals surface area contributed by atoms with Gasteiger partial charge in [-0.15, -0.1) is 11.8 Å². The Bertz CT molecular complexity index is 1010. The van der Waals surface area contributed by atoms with Gasteiger partial charge in [0.25, 0.3) is 0 Å². The van der Waals surface area contributed by atoms with Gasteiger partial charge in [0.2, 0.25) is 0 Å². The summed E-state index contributed by atoms with van der Waals surface area (Å²) in [6.45, 7) is 2.15. The van der Waals surface area contributed by atoms with E-state index in [-0.39, 0.29) is 23.3 Å². The molecule has 0 saturated heterocycles. The summed E-state index contributed by atoms with van der Waals surface area (Å²) in [4.78, 5) is 28.3. The fourth-order valence-corrected chi connectivity index (χ4v) is 8.93. The lowest BCUT2D eigenvalue weighted by atomic mass is 9.75. The molecule has 4 unspecified atom stereocenters. The van der Waals surface area contributed by atoms with Gasteiger partial charge in [-0.1, -0.05) is 23.5 Å². The molecule has 2 fully saturated rings. The van der Waals surface area contributed by atoms with Crippen LogP contribution in [0.4, 0.5) is 5.69 Å². The molecule has 0 radical (unpaired) electrons. The molecule has 5 atom stereocenters. The third kappa shape index (κ3) is 3.21. The van der Waals surface area contributed by atoms with E-state index in [2.05, 4.69) is 43.3 Å². The normalized spacial score (nSPS) is 28.8. The number of carbonyl (C=O) groups excluding carboxylic acids is 1. The van der Waals surface area contributed by atoms with Crippen LogP contribution in [0.3, 0.4) is 0 Å². The first-order valence-electron chi connectivity index (χ1n) is 10.8. The Labute approximate surface area is 185 Å². The van der Waals surface area contributed by atoms with Gasteiger partial charge in [-0.25, -0.2) is 0 Å². The molecular formula is C23H28N2O3S2. The molecule has 1 aromatic carbocycles. The van der Waals surface area contributed by atoms with Gasteiger partial charge in [0.05, 0.1) is 11.6 Å². The molecule has 2 bridgehead atoms. The Hall–Kier alpha value is -1.73. The zero-order valence-electron chi connectivity index (χ0n) is 17.7. The Morgan fingerprint density at radius 2 is 1.93 bits per heavy atom. The van der Waals surface area contributed by atoms with E-state index < -0.39 is 0 Å². The number of esters is 1. The lowest BCUT2D eigenvalue weighted by molar-refractivity contribution is -0.144. The largest absolute Gasteiger partial charge is 0.465 e. The molecule has 2 saturated carbocycles. The van der Waals surface area contributed by atoms with Crippen molar-refractivity contribution in [1.82, 2.24) is 4.57 Å². The van der Waals surface area contributed by atoms with Crippen LogP contribution in [0.15, 0.2) is 34.1 Å². The number of fused-ring (bicyclic) bond motifs is 6. The molecule has 1 aromatic heterocycles. The van der Waals surface area contributed by atoms with E-state index in [9.17, 15) is 9.59 Å². The number of nitrogens with zero attached hydrogens (tertiary/aromatic N) is 2. The van der Waals surface area contributed by atoms with Crippen molar-refractivity contribution in [3.63, 3.8) is 0 Å². The number of benzene rings is 1. The highest BCUT2D eigenvalue weighted by Gasteiger charge is 2.55. The molecule has 2 aromatic rings. The van der Waals surface area contributed by atoms with Gasteiger partial charge in [-0.05, 0) is 61.6 Å². The number of hydrogen-bond acceptors (Lipinski definition) is 6. The SMILES string of the molecule is CCOC(=O)Cn1c2c(sc1=O)[C@@H](c1ccc(N(C)C)cc1)C1C3CCC(C3)C1S2. The number of thiazole rings is 1. The molecule has 5 nitrogen and oxygen atoms in total. The minimum atomic E-state index is -0.331. The van der Waals surface area contributed by atoms with Crippen molar-refractivity contribution in [1.29, 1.82) is 0 Å². The van der Waals surface area contributed by atoms with Crippen molar-refractivity contribution < 1.29 is 9.53 Å². The lowest BCUT2D eigenvalue weighted by Crippen LogP contribution is -2.34. The molecule has 2 aliphatic carbocycles. The maximum Gasteiger partial charge on any atom is 0.326 e. The number of anilines is 1. The third-order valence-electron chi connectivity index (χ3n) is 7.05. The molecule has 1 aliphatic heterocycles. The lowest BCUT2D eigenvalue weighted by Gasteiger charge is -2.40. The summed E-state index contributed by atoms with van der Waals surface area (Å²) < 4.78 is 6.81. The van der Waals surface area contributed by atoms with Crippen LogP contribution >= 0.6 is 23.1 Å². The Balaban J connectivity index is 1.59. The molecule has 7 heteroatoms. The van der Waals surface area contributed by atoms with Crippen LogP contribution in [0.25, 0.3) is 0 Å². The molecule has 30 heavy (non-hydrogen) atoms. The number of hydrogen-bond donors (Lipinski definition) is 0. The maximum absolute atomic E-state index is 12.9. The second-order valence-electron chi connectivity index (χ2n) is 8.89. The standard InChI is InChI=1S/C23H28N2O3S2/c1-4-28-17(26)12-25-22-21(30-23(25)27)18(13-7-9-16(10-8-13)24(2)3)19-14-5-6-15(11-14)20(19)29-22/h7-10,14-15,18-20H,4-6,11-12H2,1-3H3/t14?,15?,18-,19?,20?/m0/s1. The molecule has 0 amide bonds.